The van der Waals surface area contributed by atoms with Gasteiger partial charge in [0.25, 0.3) is 0 Å². The molecule has 10 nitrogen and oxygen atoms in total. The van der Waals surface area contributed by atoms with Crippen LogP contribution in [0.25, 0.3) is 0 Å². The Labute approximate surface area is 231 Å². The molecule has 1 amide bonds. The van der Waals surface area contributed by atoms with Crippen molar-refractivity contribution in [2.45, 2.75) is 65.6 Å². The first-order valence-corrected chi connectivity index (χ1v) is 13.8. The topological polar surface area (TPSA) is 97.9 Å². The standard InChI is InChI=1S/C29H43N3O7/c1-6-37-26(33)25(27(34)38-7-2)21-32(24-12-14-31(15-13-24)28(35)39-29(3,4)5)23-10-8-22(9-11-23)20-30-16-18-36-19-17-30/h8-11,21,24H,6-7,12-20H2,1-5H3. The smallest absolute Gasteiger partial charge is 0.410 e. The Balaban J connectivity index is 1.85. The fraction of sp³-hybridized carbons (Fsp3) is 0.621. The van der Waals surface area contributed by atoms with Gasteiger partial charge in [-0.2, -0.15) is 0 Å². The molecule has 0 N–H and O–H groups in total. The van der Waals surface area contributed by atoms with Crippen molar-refractivity contribution in [1.82, 2.24) is 9.80 Å². The van der Waals surface area contributed by atoms with E-state index in [1.165, 1.54) is 5.56 Å². The number of carbonyl (C=O) groups excluding carboxylic acids is 3. The lowest BCUT2D eigenvalue weighted by atomic mass is 10.0. The number of esters is 2. The van der Waals surface area contributed by atoms with Gasteiger partial charge in [0, 0.05) is 50.7 Å². The maximum absolute atomic E-state index is 12.8. The highest BCUT2D eigenvalue weighted by molar-refractivity contribution is 6.14. The fourth-order valence-electron chi connectivity index (χ4n) is 4.58. The Bertz CT molecular complexity index is 969. The molecule has 1 aromatic carbocycles. The Hall–Kier alpha value is -3.11. The van der Waals surface area contributed by atoms with Crippen molar-refractivity contribution in [3.8, 4) is 0 Å². The number of carbonyl (C=O) groups is 3. The molecule has 2 heterocycles. The third-order valence-electron chi connectivity index (χ3n) is 6.51. The van der Waals surface area contributed by atoms with Crippen molar-refractivity contribution >= 4 is 23.7 Å². The van der Waals surface area contributed by atoms with E-state index in [1.807, 2.05) is 37.8 Å². The summed E-state index contributed by atoms with van der Waals surface area (Å²) in [5.41, 5.74) is 1.27. The van der Waals surface area contributed by atoms with E-state index in [9.17, 15) is 14.4 Å². The van der Waals surface area contributed by atoms with Gasteiger partial charge in [-0.15, -0.1) is 0 Å². The van der Waals surface area contributed by atoms with Crippen molar-refractivity contribution in [2.24, 2.45) is 0 Å². The Kier molecular flexibility index (Phi) is 11.2. The average Bonchev–Trinajstić information content (AvgIpc) is 2.90. The summed E-state index contributed by atoms with van der Waals surface area (Å²) in [4.78, 5) is 44.1. The second-order valence-electron chi connectivity index (χ2n) is 10.6. The lowest BCUT2D eigenvalue weighted by molar-refractivity contribution is -0.146. The Morgan fingerprint density at radius 3 is 2.03 bits per heavy atom. The number of ether oxygens (including phenoxy) is 4. The summed E-state index contributed by atoms with van der Waals surface area (Å²) in [6.45, 7) is 14.3. The van der Waals surface area contributed by atoms with E-state index in [-0.39, 0.29) is 30.9 Å². The van der Waals surface area contributed by atoms with Crippen LogP contribution in [0.1, 0.15) is 53.0 Å². The fourth-order valence-corrected chi connectivity index (χ4v) is 4.58. The molecule has 0 saturated carbocycles. The molecule has 0 aromatic heterocycles. The summed E-state index contributed by atoms with van der Waals surface area (Å²) < 4.78 is 21.3. The molecule has 2 fully saturated rings. The van der Waals surface area contributed by atoms with Crippen molar-refractivity contribution in [3.63, 3.8) is 0 Å². The molecule has 39 heavy (non-hydrogen) atoms. The van der Waals surface area contributed by atoms with Crippen molar-refractivity contribution in [1.29, 1.82) is 0 Å². The molecule has 0 unspecified atom stereocenters. The van der Waals surface area contributed by atoms with E-state index >= 15 is 0 Å². The van der Waals surface area contributed by atoms with Crippen LogP contribution < -0.4 is 4.90 Å². The first-order chi connectivity index (χ1) is 18.6. The van der Waals surface area contributed by atoms with Crippen molar-refractivity contribution < 1.29 is 33.3 Å². The van der Waals surface area contributed by atoms with Gasteiger partial charge in [0.05, 0.1) is 26.4 Å². The van der Waals surface area contributed by atoms with Gasteiger partial charge in [-0.3, -0.25) is 4.90 Å². The number of hydrogen-bond acceptors (Lipinski definition) is 9. The van der Waals surface area contributed by atoms with Crippen LogP contribution in [0.2, 0.25) is 0 Å². The monoisotopic (exact) mass is 545 g/mol. The van der Waals surface area contributed by atoms with Crippen LogP contribution in [0.4, 0.5) is 10.5 Å². The first-order valence-electron chi connectivity index (χ1n) is 13.8. The molecule has 0 bridgehead atoms. The highest BCUT2D eigenvalue weighted by Gasteiger charge is 2.31. The highest BCUT2D eigenvalue weighted by atomic mass is 16.6. The van der Waals surface area contributed by atoms with E-state index in [4.69, 9.17) is 18.9 Å². The zero-order chi connectivity index (χ0) is 28.4. The van der Waals surface area contributed by atoms with Gasteiger partial charge in [0.1, 0.15) is 5.60 Å². The zero-order valence-corrected chi connectivity index (χ0v) is 23.9. The van der Waals surface area contributed by atoms with E-state index < -0.39 is 17.5 Å². The van der Waals surface area contributed by atoms with Crippen LogP contribution in [-0.2, 0) is 35.1 Å². The molecule has 0 atom stereocenters. The molecular formula is C29H43N3O7. The van der Waals surface area contributed by atoms with Crippen LogP contribution in [0.3, 0.4) is 0 Å². The van der Waals surface area contributed by atoms with Gasteiger partial charge >= 0.3 is 18.0 Å². The molecule has 3 rings (SSSR count). The predicted molar refractivity (Wildman–Crippen MR) is 147 cm³/mol. The highest BCUT2D eigenvalue weighted by Crippen LogP contribution is 2.27. The summed E-state index contributed by atoms with van der Waals surface area (Å²) in [7, 11) is 0. The Morgan fingerprint density at radius 1 is 0.949 bits per heavy atom. The molecule has 0 aliphatic carbocycles. The molecule has 216 valence electrons. The van der Waals surface area contributed by atoms with E-state index in [0.29, 0.717) is 25.9 Å². The number of nitrogens with zero attached hydrogens (tertiary/aromatic N) is 3. The Morgan fingerprint density at radius 2 is 1.51 bits per heavy atom. The number of morpholine rings is 1. The van der Waals surface area contributed by atoms with Crippen LogP contribution in [-0.4, -0.2) is 92.1 Å². The van der Waals surface area contributed by atoms with Crippen LogP contribution in [0.5, 0.6) is 0 Å². The molecule has 2 saturated heterocycles. The average molecular weight is 546 g/mol. The van der Waals surface area contributed by atoms with Crippen LogP contribution in [0, 0.1) is 0 Å². The lowest BCUT2D eigenvalue weighted by Gasteiger charge is -2.38. The number of piperidine rings is 1. The van der Waals surface area contributed by atoms with Gasteiger partial charge in [-0.05, 0) is 65.2 Å². The van der Waals surface area contributed by atoms with Crippen molar-refractivity contribution in [2.75, 3.05) is 57.5 Å². The summed E-state index contributed by atoms with van der Waals surface area (Å²) in [5, 5.41) is 0. The normalized spacial score (nSPS) is 16.8. The maximum Gasteiger partial charge on any atom is 0.410 e. The second kappa shape index (κ2) is 14.3. The first kappa shape index (κ1) is 30.4. The molecule has 10 heteroatoms. The number of hydrogen-bond donors (Lipinski definition) is 0. The molecular weight excluding hydrogens is 502 g/mol. The van der Waals surface area contributed by atoms with E-state index in [1.54, 1.807) is 24.9 Å². The number of rotatable bonds is 9. The molecule has 0 radical (unpaired) electrons. The maximum atomic E-state index is 12.8. The lowest BCUT2D eigenvalue weighted by Crippen LogP contribution is -2.47. The molecule has 1 aromatic rings. The number of benzene rings is 1. The number of amides is 1. The van der Waals surface area contributed by atoms with Gasteiger partial charge in [0.15, 0.2) is 5.57 Å². The summed E-state index contributed by atoms with van der Waals surface area (Å²) in [6, 6.07) is 8.07. The SMILES string of the molecule is CCOC(=O)C(=CN(c1ccc(CN2CCOCC2)cc1)C1CCN(C(=O)OC(C)(C)C)CC1)C(=O)OCC. The summed E-state index contributed by atoms with van der Waals surface area (Å²) in [6.07, 6.45) is 2.46. The third kappa shape index (κ3) is 9.25. The minimum atomic E-state index is -0.726. The second-order valence-corrected chi connectivity index (χ2v) is 10.6. The van der Waals surface area contributed by atoms with E-state index in [0.717, 1.165) is 38.5 Å². The quantitative estimate of drug-likeness (QED) is 0.151. The molecule has 0 spiro atoms. The minimum absolute atomic E-state index is 0.0624. The summed E-state index contributed by atoms with van der Waals surface area (Å²) in [5.74, 6) is -1.45. The van der Waals surface area contributed by atoms with Crippen LogP contribution >= 0.6 is 0 Å². The minimum Gasteiger partial charge on any atom is -0.462 e. The van der Waals surface area contributed by atoms with Gasteiger partial charge in [-0.25, -0.2) is 14.4 Å². The number of anilines is 1. The van der Waals surface area contributed by atoms with Crippen molar-refractivity contribution in [3.05, 3.63) is 41.6 Å². The predicted octanol–water partition coefficient (Wildman–Crippen LogP) is 3.73. The zero-order valence-electron chi connectivity index (χ0n) is 23.9. The van der Waals surface area contributed by atoms with E-state index in [2.05, 4.69) is 17.0 Å². The number of likely N-dealkylation sites (tertiary alicyclic amines) is 1. The third-order valence-corrected chi connectivity index (χ3v) is 6.51. The van der Waals surface area contributed by atoms with Gasteiger partial charge in [-0.1, -0.05) is 12.1 Å². The van der Waals surface area contributed by atoms with Gasteiger partial charge in [0.2, 0.25) is 0 Å². The van der Waals surface area contributed by atoms with Gasteiger partial charge < -0.3 is 28.7 Å². The largest absolute Gasteiger partial charge is 0.462 e. The molecule has 2 aliphatic heterocycles. The summed E-state index contributed by atoms with van der Waals surface area (Å²) >= 11 is 0. The molecule has 2 aliphatic rings. The van der Waals surface area contributed by atoms with Crippen LogP contribution in [0.15, 0.2) is 36.0 Å².